The minimum atomic E-state index is 0.554. The number of ether oxygens (including phenoxy) is 2. The Morgan fingerprint density at radius 3 is 2.74 bits per heavy atom. The number of benzene rings is 2. The molecule has 3 heterocycles. The zero-order valence-electron chi connectivity index (χ0n) is 20.4. The molecule has 1 atom stereocenters. The van der Waals surface area contributed by atoms with Gasteiger partial charge >= 0.3 is 0 Å². The van der Waals surface area contributed by atoms with Gasteiger partial charge < -0.3 is 29.9 Å². The second kappa shape index (κ2) is 10.8. The Morgan fingerprint density at radius 2 is 1.97 bits per heavy atom. The van der Waals surface area contributed by atoms with Crippen LogP contribution in [0.15, 0.2) is 36.7 Å². The van der Waals surface area contributed by atoms with Crippen LogP contribution in [0.5, 0.6) is 11.5 Å². The second-order valence-corrected chi connectivity index (χ2v) is 9.66. The number of rotatable bonds is 8. The highest BCUT2D eigenvalue weighted by molar-refractivity contribution is 6.33. The van der Waals surface area contributed by atoms with E-state index >= 15 is 0 Å². The van der Waals surface area contributed by atoms with E-state index in [0.29, 0.717) is 23.5 Å². The molecule has 2 aliphatic rings. The number of likely N-dealkylation sites (N-methyl/N-ethyl adjacent to an activating group) is 1. The minimum Gasteiger partial charge on any atom is -0.497 e. The van der Waals surface area contributed by atoms with E-state index in [0.717, 1.165) is 72.9 Å². The lowest BCUT2D eigenvalue weighted by atomic mass is 10.1. The topological polar surface area (TPSA) is 74.8 Å². The zero-order chi connectivity index (χ0) is 24.2. The summed E-state index contributed by atoms with van der Waals surface area (Å²) in [5, 5.41) is 8.53. The summed E-state index contributed by atoms with van der Waals surface area (Å²) in [7, 11) is 3.80. The molecule has 2 aromatic carbocycles. The first-order valence-electron chi connectivity index (χ1n) is 12.3. The van der Waals surface area contributed by atoms with Crippen LogP contribution in [0.25, 0.3) is 10.9 Å². The lowest BCUT2D eigenvalue weighted by Crippen LogP contribution is -2.44. The lowest BCUT2D eigenvalue weighted by molar-refractivity contribution is 0.292. The fraction of sp³-hybridized carbons (Fsp3) is 0.462. The van der Waals surface area contributed by atoms with Gasteiger partial charge in [-0.15, -0.1) is 0 Å². The van der Waals surface area contributed by atoms with Gasteiger partial charge in [0, 0.05) is 50.4 Å². The van der Waals surface area contributed by atoms with Crippen molar-refractivity contribution in [2.24, 2.45) is 0 Å². The van der Waals surface area contributed by atoms with Gasteiger partial charge in [-0.1, -0.05) is 11.6 Å². The van der Waals surface area contributed by atoms with Gasteiger partial charge in [0.15, 0.2) is 0 Å². The quantitative estimate of drug-likeness (QED) is 0.478. The molecule has 0 amide bonds. The van der Waals surface area contributed by atoms with Crippen molar-refractivity contribution >= 4 is 39.7 Å². The Morgan fingerprint density at radius 1 is 1.11 bits per heavy atom. The number of nitrogens with one attached hydrogen (secondary N) is 2. The number of halogens is 1. The summed E-state index contributed by atoms with van der Waals surface area (Å²) >= 11 is 6.49. The van der Waals surface area contributed by atoms with Crippen molar-refractivity contribution in [1.29, 1.82) is 0 Å². The molecule has 1 unspecified atom stereocenters. The lowest BCUT2D eigenvalue weighted by Gasteiger charge is -2.35. The van der Waals surface area contributed by atoms with Gasteiger partial charge in [0.05, 0.1) is 41.0 Å². The number of methoxy groups -OCH3 is 1. The molecular formula is C26H33ClN6O2. The van der Waals surface area contributed by atoms with Crippen LogP contribution in [-0.4, -0.2) is 74.4 Å². The van der Waals surface area contributed by atoms with Crippen molar-refractivity contribution in [2.75, 3.05) is 63.7 Å². The van der Waals surface area contributed by atoms with E-state index in [-0.39, 0.29) is 0 Å². The molecule has 9 heteroatoms. The van der Waals surface area contributed by atoms with Crippen LogP contribution < -0.4 is 25.0 Å². The van der Waals surface area contributed by atoms with Gasteiger partial charge in [0.2, 0.25) is 0 Å². The maximum absolute atomic E-state index is 6.49. The van der Waals surface area contributed by atoms with Crippen LogP contribution in [0.3, 0.4) is 0 Å². The van der Waals surface area contributed by atoms with E-state index in [2.05, 4.69) is 43.5 Å². The number of hydrogen-bond donors (Lipinski definition) is 2. The first-order valence-corrected chi connectivity index (χ1v) is 12.7. The summed E-state index contributed by atoms with van der Waals surface area (Å²) in [5.74, 6) is 2.27. The number of fused-ring (bicyclic) bond motifs is 1. The number of hydrogen-bond acceptors (Lipinski definition) is 8. The van der Waals surface area contributed by atoms with Crippen molar-refractivity contribution in [2.45, 2.75) is 25.3 Å². The van der Waals surface area contributed by atoms with Crippen LogP contribution >= 0.6 is 11.6 Å². The molecule has 5 rings (SSSR count). The normalized spacial score (nSPS) is 18.7. The van der Waals surface area contributed by atoms with Crippen LogP contribution in [0.2, 0.25) is 5.02 Å². The van der Waals surface area contributed by atoms with Gasteiger partial charge in [-0.2, -0.15) is 0 Å². The molecule has 0 saturated carbocycles. The number of piperazine rings is 1. The monoisotopic (exact) mass is 496 g/mol. The van der Waals surface area contributed by atoms with E-state index < -0.39 is 0 Å². The Bertz CT molecular complexity index is 1160. The Hall–Kier alpha value is -2.81. The van der Waals surface area contributed by atoms with Crippen LogP contribution in [0.1, 0.15) is 19.3 Å². The molecule has 0 aliphatic carbocycles. The van der Waals surface area contributed by atoms with E-state index in [1.807, 2.05) is 24.3 Å². The molecule has 2 aliphatic heterocycles. The molecule has 35 heavy (non-hydrogen) atoms. The van der Waals surface area contributed by atoms with Crippen LogP contribution in [-0.2, 0) is 0 Å². The second-order valence-electron chi connectivity index (χ2n) is 9.25. The van der Waals surface area contributed by atoms with Crippen molar-refractivity contribution in [3.8, 4) is 11.5 Å². The Labute approximate surface area is 211 Å². The fourth-order valence-electron chi connectivity index (χ4n) is 4.80. The van der Waals surface area contributed by atoms with Crippen molar-refractivity contribution in [1.82, 2.24) is 20.2 Å². The van der Waals surface area contributed by atoms with Crippen LogP contribution in [0, 0.1) is 0 Å². The van der Waals surface area contributed by atoms with Crippen molar-refractivity contribution in [3.05, 3.63) is 41.7 Å². The average Bonchev–Trinajstić information content (AvgIpc) is 3.39. The molecule has 0 bridgehead atoms. The smallest absolute Gasteiger partial charge is 0.143 e. The van der Waals surface area contributed by atoms with Crippen molar-refractivity contribution in [3.63, 3.8) is 0 Å². The SMILES string of the molecule is COc1ccc(Cl)c(Nc2ncnc3cc(OCCC4CCCN4)cc(N4CCN(C)CC4)c23)c1. The fourth-order valence-corrected chi connectivity index (χ4v) is 4.96. The molecule has 8 nitrogen and oxygen atoms in total. The Kier molecular flexibility index (Phi) is 7.41. The summed E-state index contributed by atoms with van der Waals surface area (Å²) in [6.45, 7) is 5.64. The van der Waals surface area contributed by atoms with E-state index in [1.165, 1.54) is 12.8 Å². The third-order valence-corrected chi connectivity index (χ3v) is 7.19. The number of aromatic nitrogens is 2. The van der Waals surface area contributed by atoms with Gasteiger partial charge in [-0.3, -0.25) is 0 Å². The summed E-state index contributed by atoms with van der Waals surface area (Å²) in [6, 6.07) is 10.2. The summed E-state index contributed by atoms with van der Waals surface area (Å²) in [4.78, 5) is 14.0. The average molecular weight is 497 g/mol. The molecule has 1 aromatic heterocycles. The summed E-state index contributed by atoms with van der Waals surface area (Å²) < 4.78 is 11.6. The first kappa shape index (κ1) is 23.9. The van der Waals surface area contributed by atoms with E-state index in [1.54, 1.807) is 13.4 Å². The van der Waals surface area contributed by atoms with Gasteiger partial charge in [0.1, 0.15) is 23.6 Å². The van der Waals surface area contributed by atoms with Gasteiger partial charge in [0.25, 0.3) is 0 Å². The predicted octanol–water partition coefficient (Wildman–Crippen LogP) is 4.31. The van der Waals surface area contributed by atoms with Crippen molar-refractivity contribution < 1.29 is 9.47 Å². The van der Waals surface area contributed by atoms with E-state index in [4.69, 9.17) is 21.1 Å². The molecule has 2 saturated heterocycles. The highest BCUT2D eigenvalue weighted by atomic mass is 35.5. The maximum atomic E-state index is 6.49. The zero-order valence-corrected chi connectivity index (χ0v) is 21.1. The first-order chi connectivity index (χ1) is 17.1. The molecule has 2 fully saturated rings. The van der Waals surface area contributed by atoms with Gasteiger partial charge in [-0.25, -0.2) is 9.97 Å². The number of anilines is 3. The van der Waals surface area contributed by atoms with E-state index in [9.17, 15) is 0 Å². The number of nitrogens with zero attached hydrogens (tertiary/aromatic N) is 4. The summed E-state index contributed by atoms with van der Waals surface area (Å²) in [5.41, 5.74) is 2.65. The molecule has 186 valence electrons. The van der Waals surface area contributed by atoms with Gasteiger partial charge in [-0.05, 0) is 45.0 Å². The predicted molar refractivity (Wildman–Crippen MR) is 142 cm³/mol. The largest absolute Gasteiger partial charge is 0.497 e. The molecular weight excluding hydrogens is 464 g/mol. The molecule has 2 N–H and O–H groups in total. The summed E-state index contributed by atoms with van der Waals surface area (Å²) in [6.07, 6.45) is 5.06. The minimum absolute atomic E-state index is 0.554. The molecule has 0 radical (unpaired) electrons. The Balaban J connectivity index is 1.49. The highest BCUT2D eigenvalue weighted by Crippen LogP contribution is 2.38. The third-order valence-electron chi connectivity index (χ3n) is 6.86. The molecule has 0 spiro atoms. The highest BCUT2D eigenvalue weighted by Gasteiger charge is 2.21. The molecule has 3 aromatic rings. The standard InChI is InChI=1S/C26H33ClN6O2/c1-32-9-11-33(12-10-32)24-16-20(35-13-7-18-4-3-8-28-18)15-23-25(24)26(30-17-29-23)31-22-14-19(34-2)5-6-21(22)27/h5-6,14-18,28H,3-4,7-13H2,1-2H3,(H,29,30,31). The maximum Gasteiger partial charge on any atom is 0.143 e. The third kappa shape index (κ3) is 5.55. The van der Waals surface area contributed by atoms with Crippen LogP contribution in [0.4, 0.5) is 17.2 Å².